The number of rotatable bonds is 3. The summed E-state index contributed by atoms with van der Waals surface area (Å²) in [5, 5.41) is 8.88. The number of aliphatic hydroxyl groups excluding tert-OH is 1. The van der Waals surface area contributed by atoms with Crippen molar-refractivity contribution in [1.82, 2.24) is 0 Å². The van der Waals surface area contributed by atoms with Crippen LogP contribution in [0.2, 0.25) is 0 Å². The molecule has 0 spiro atoms. The van der Waals surface area contributed by atoms with Gasteiger partial charge in [0.05, 0.1) is 25.4 Å². The normalized spacial score (nSPS) is 36.8. The molecule has 3 unspecified atom stereocenters. The van der Waals surface area contributed by atoms with Crippen molar-refractivity contribution in [3.8, 4) is 0 Å². The summed E-state index contributed by atoms with van der Waals surface area (Å²) in [5.74, 6) is 0.452. The van der Waals surface area contributed by atoms with Gasteiger partial charge in [-0.25, -0.2) is 0 Å². The molecule has 0 aromatic rings. The van der Waals surface area contributed by atoms with Crippen LogP contribution in [0.15, 0.2) is 0 Å². The summed E-state index contributed by atoms with van der Waals surface area (Å²) in [6.45, 7) is 5.67. The second-order valence-electron chi connectivity index (χ2n) is 3.34. The first kappa shape index (κ1) is 9.96. The maximum Gasteiger partial charge on any atom is 0.0830 e. The van der Waals surface area contributed by atoms with Crippen LogP contribution in [0.5, 0.6) is 0 Å². The number of hydrogen-bond acceptors (Lipinski definition) is 3. The zero-order valence-electron chi connectivity index (χ0n) is 7.82. The molecular formula is C9H18O3. The van der Waals surface area contributed by atoms with Crippen molar-refractivity contribution in [3.63, 3.8) is 0 Å². The first-order valence-corrected chi connectivity index (χ1v) is 4.62. The van der Waals surface area contributed by atoms with Crippen molar-refractivity contribution < 1.29 is 14.6 Å². The molecule has 1 rings (SSSR count). The molecule has 0 radical (unpaired) electrons. The molecule has 1 saturated heterocycles. The fraction of sp³-hybridized carbons (Fsp3) is 1.00. The first-order chi connectivity index (χ1) is 5.77. The molecule has 72 valence electrons. The molecular weight excluding hydrogens is 156 g/mol. The van der Waals surface area contributed by atoms with Gasteiger partial charge >= 0.3 is 0 Å². The molecule has 0 aromatic carbocycles. The number of ether oxygens (including phenoxy) is 2. The summed E-state index contributed by atoms with van der Waals surface area (Å²) in [6.07, 6.45) is 1.07. The highest BCUT2D eigenvalue weighted by molar-refractivity contribution is 4.76. The van der Waals surface area contributed by atoms with Gasteiger partial charge in [0.1, 0.15) is 0 Å². The Labute approximate surface area is 73.7 Å². The quantitative estimate of drug-likeness (QED) is 0.688. The van der Waals surface area contributed by atoms with E-state index in [0.717, 1.165) is 13.0 Å². The zero-order valence-corrected chi connectivity index (χ0v) is 7.82. The van der Waals surface area contributed by atoms with Crippen LogP contribution in [0.4, 0.5) is 0 Å². The molecule has 1 aliphatic rings. The number of aliphatic hydroxyl groups is 1. The van der Waals surface area contributed by atoms with Crippen LogP contribution < -0.4 is 0 Å². The molecule has 0 amide bonds. The molecule has 1 N–H and O–H groups in total. The Bertz CT molecular complexity index is 127. The Kier molecular flexibility index (Phi) is 3.98. The highest BCUT2D eigenvalue weighted by atomic mass is 16.5. The Morgan fingerprint density at radius 2 is 2.33 bits per heavy atom. The lowest BCUT2D eigenvalue weighted by molar-refractivity contribution is -0.115. The predicted molar refractivity (Wildman–Crippen MR) is 46.0 cm³/mol. The zero-order chi connectivity index (χ0) is 8.97. The third kappa shape index (κ3) is 2.44. The van der Waals surface area contributed by atoms with Crippen molar-refractivity contribution >= 4 is 0 Å². The lowest BCUT2D eigenvalue weighted by atomic mass is 9.97. The van der Waals surface area contributed by atoms with Gasteiger partial charge in [-0.1, -0.05) is 6.92 Å². The maximum absolute atomic E-state index is 8.88. The van der Waals surface area contributed by atoms with Gasteiger partial charge in [-0.2, -0.15) is 0 Å². The summed E-state index contributed by atoms with van der Waals surface area (Å²) in [6, 6.07) is 0. The van der Waals surface area contributed by atoms with E-state index in [-0.39, 0.29) is 18.8 Å². The van der Waals surface area contributed by atoms with E-state index in [1.807, 2.05) is 6.92 Å². The average molecular weight is 174 g/mol. The minimum Gasteiger partial charge on any atom is -0.394 e. The van der Waals surface area contributed by atoms with Crippen molar-refractivity contribution in [2.24, 2.45) is 5.92 Å². The standard InChI is InChI=1S/C9H18O3/c1-3-11-9-4-8(5-10)12-6-7(9)2/h7-10H,3-6H2,1-2H3. The monoisotopic (exact) mass is 174 g/mol. The maximum atomic E-state index is 8.88. The van der Waals surface area contributed by atoms with E-state index in [9.17, 15) is 0 Å². The van der Waals surface area contributed by atoms with Crippen molar-refractivity contribution in [3.05, 3.63) is 0 Å². The molecule has 12 heavy (non-hydrogen) atoms. The molecule has 0 aromatic heterocycles. The second-order valence-corrected chi connectivity index (χ2v) is 3.34. The minimum atomic E-state index is -0.0160. The van der Waals surface area contributed by atoms with Gasteiger partial charge in [0.2, 0.25) is 0 Å². The average Bonchev–Trinajstić information content (AvgIpc) is 2.09. The summed E-state index contributed by atoms with van der Waals surface area (Å²) in [5.41, 5.74) is 0. The van der Waals surface area contributed by atoms with Crippen LogP contribution in [0.25, 0.3) is 0 Å². The lowest BCUT2D eigenvalue weighted by Crippen LogP contribution is -2.39. The minimum absolute atomic E-state index is 0.0160. The van der Waals surface area contributed by atoms with Crippen LogP contribution >= 0.6 is 0 Å². The SMILES string of the molecule is CCOC1CC(CO)OCC1C. The van der Waals surface area contributed by atoms with E-state index in [1.165, 1.54) is 0 Å². The van der Waals surface area contributed by atoms with Crippen LogP contribution in [0.3, 0.4) is 0 Å². The Morgan fingerprint density at radius 1 is 1.58 bits per heavy atom. The number of hydrogen-bond donors (Lipinski definition) is 1. The molecule has 3 nitrogen and oxygen atoms in total. The molecule has 0 saturated carbocycles. The van der Waals surface area contributed by atoms with Gasteiger partial charge in [-0.3, -0.25) is 0 Å². The smallest absolute Gasteiger partial charge is 0.0830 e. The molecule has 3 heteroatoms. The third-order valence-corrected chi connectivity index (χ3v) is 2.31. The predicted octanol–water partition coefficient (Wildman–Crippen LogP) is 0.809. The van der Waals surface area contributed by atoms with E-state index in [4.69, 9.17) is 14.6 Å². The van der Waals surface area contributed by atoms with Crippen molar-refractivity contribution in [1.29, 1.82) is 0 Å². The highest BCUT2D eigenvalue weighted by Gasteiger charge is 2.28. The van der Waals surface area contributed by atoms with E-state index in [2.05, 4.69) is 6.92 Å². The molecule has 1 fully saturated rings. The van der Waals surface area contributed by atoms with E-state index < -0.39 is 0 Å². The summed E-state index contributed by atoms with van der Waals surface area (Å²) in [7, 11) is 0. The fourth-order valence-electron chi connectivity index (χ4n) is 1.53. The van der Waals surface area contributed by atoms with Gasteiger partial charge in [-0.05, 0) is 6.92 Å². The summed E-state index contributed by atoms with van der Waals surface area (Å²) < 4.78 is 10.9. The summed E-state index contributed by atoms with van der Waals surface area (Å²) >= 11 is 0. The van der Waals surface area contributed by atoms with Gasteiger partial charge < -0.3 is 14.6 Å². The van der Waals surface area contributed by atoms with Gasteiger partial charge in [-0.15, -0.1) is 0 Å². The molecule has 1 heterocycles. The van der Waals surface area contributed by atoms with Crippen molar-refractivity contribution in [2.45, 2.75) is 32.5 Å². The molecule has 3 atom stereocenters. The van der Waals surface area contributed by atoms with Gasteiger partial charge in [0.15, 0.2) is 0 Å². The third-order valence-electron chi connectivity index (χ3n) is 2.31. The Balaban J connectivity index is 2.36. The topological polar surface area (TPSA) is 38.7 Å². The van der Waals surface area contributed by atoms with Crippen LogP contribution in [0.1, 0.15) is 20.3 Å². The Morgan fingerprint density at radius 3 is 2.92 bits per heavy atom. The lowest BCUT2D eigenvalue weighted by Gasteiger charge is -2.33. The van der Waals surface area contributed by atoms with E-state index in [1.54, 1.807) is 0 Å². The Hall–Kier alpha value is -0.120. The second kappa shape index (κ2) is 4.80. The van der Waals surface area contributed by atoms with E-state index >= 15 is 0 Å². The molecule has 0 aliphatic carbocycles. The highest BCUT2D eigenvalue weighted by Crippen LogP contribution is 2.21. The summed E-state index contributed by atoms with van der Waals surface area (Å²) in [4.78, 5) is 0. The first-order valence-electron chi connectivity index (χ1n) is 4.62. The van der Waals surface area contributed by atoms with Gasteiger partial charge in [0.25, 0.3) is 0 Å². The largest absolute Gasteiger partial charge is 0.394 e. The van der Waals surface area contributed by atoms with E-state index in [0.29, 0.717) is 12.5 Å². The fourth-order valence-corrected chi connectivity index (χ4v) is 1.53. The van der Waals surface area contributed by atoms with Gasteiger partial charge in [0, 0.05) is 18.9 Å². The van der Waals surface area contributed by atoms with Crippen molar-refractivity contribution in [2.75, 3.05) is 19.8 Å². The molecule has 0 bridgehead atoms. The van der Waals surface area contributed by atoms with Crippen LogP contribution in [-0.2, 0) is 9.47 Å². The molecule has 1 aliphatic heterocycles. The van der Waals surface area contributed by atoms with Crippen LogP contribution in [0, 0.1) is 5.92 Å². The van der Waals surface area contributed by atoms with Crippen LogP contribution in [-0.4, -0.2) is 37.1 Å².